The lowest BCUT2D eigenvalue weighted by atomic mass is 10.0. The third-order valence-corrected chi connectivity index (χ3v) is 5.68. The van der Waals surface area contributed by atoms with E-state index < -0.39 is 0 Å². The molecule has 0 aromatic rings. The van der Waals surface area contributed by atoms with Gasteiger partial charge in [-0.1, -0.05) is 70.9 Å². The predicted octanol–water partition coefficient (Wildman–Crippen LogP) is 4.06. The minimum absolute atomic E-state index is 0.410. The molecule has 0 bridgehead atoms. The third-order valence-electron chi connectivity index (χ3n) is 2.29. The first-order chi connectivity index (χ1) is 5.14. The van der Waals surface area contributed by atoms with Gasteiger partial charge in [-0.3, -0.25) is 0 Å². The van der Waals surface area contributed by atoms with E-state index >= 15 is 0 Å². The van der Waals surface area contributed by atoms with Crippen molar-refractivity contribution >= 4 is 57.8 Å². The van der Waals surface area contributed by atoms with E-state index in [2.05, 4.69) is 57.8 Å². The molecular weight excluding hydrogens is 382 g/mol. The fraction of sp³-hybridized carbons (Fsp3) is 1.00. The minimum Gasteiger partial charge on any atom is -0.177 e. The van der Waals surface area contributed by atoms with Gasteiger partial charge in [0.25, 0.3) is 0 Å². The highest BCUT2D eigenvalue weighted by molar-refractivity contribution is 14.2. The first kappa shape index (κ1) is 10.9. The number of alkyl halides is 2. The average Bonchev–Trinajstić information content (AvgIpc) is 2.39. The van der Waals surface area contributed by atoms with E-state index in [-0.39, 0.29) is 0 Å². The van der Waals surface area contributed by atoms with E-state index in [4.69, 9.17) is 0 Å². The van der Waals surface area contributed by atoms with Crippen molar-refractivity contribution in [3.8, 4) is 0 Å². The van der Waals surface area contributed by atoms with E-state index in [1.807, 2.05) is 0 Å². The molecule has 0 aromatic heterocycles. The molecule has 1 aliphatic carbocycles. The highest BCUT2D eigenvalue weighted by Gasteiger charge is 2.27. The molecule has 0 amide bonds. The Kier molecular flexibility index (Phi) is 4.83. The number of rotatable bonds is 3. The Labute approximate surface area is 102 Å². The van der Waals surface area contributed by atoms with E-state index in [1.54, 1.807) is 0 Å². The summed E-state index contributed by atoms with van der Waals surface area (Å²) in [6.45, 7) is 0. The second kappa shape index (κ2) is 4.88. The maximum absolute atomic E-state index is 4.36. The van der Waals surface area contributed by atoms with Crippen LogP contribution in [-0.2, 0) is 0 Å². The monoisotopic (exact) mass is 396 g/mol. The lowest BCUT2D eigenvalue weighted by molar-refractivity contribution is 0.506. The summed E-state index contributed by atoms with van der Waals surface area (Å²) in [5.41, 5.74) is 0. The number of hydrogen-bond donors (Lipinski definition) is 1. The molecule has 0 N–H and O–H groups in total. The van der Waals surface area contributed by atoms with Gasteiger partial charge < -0.3 is 0 Å². The molecule has 1 fully saturated rings. The topological polar surface area (TPSA) is 0 Å². The summed E-state index contributed by atoms with van der Waals surface area (Å²) in [6, 6.07) is 0. The summed E-state index contributed by atoms with van der Waals surface area (Å²) >= 11 is 9.44. The van der Waals surface area contributed by atoms with Crippen LogP contribution in [0, 0.1) is 5.92 Å². The summed E-state index contributed by atoms with van der Waals surface area (Å²) in [6.07, 6.45) is 7.20. The van der Waals surface area contributed by atoms with Crippen LogP contribution < -0.4 is 0 Å². The lowest BCUT2D eigenvalue weighted by Gasteiger charge is -2.21. The Morgan fingerprint density at radius 2 is 1.82 bits per heavy atom. The van der Waals surface area contributed by atoms with Crippen molar-refractivity contribution in [2.45, 2.75) is 33.5 Å². The van der Waals surface area contributed by atoms with E-state index in [1.165, 1.54) is 32.1 Å². The lowest BCUT2D eigenvalue weighted by Crippen LogP contribution is -2.17. The molecule has 1 saturated carbocycles. The van der Waals surface area contributed by atoms with E-state index in [0.717, 1.165) is 11.7 Å². The van der Waals surface area contributed by atoms with Gasteiger partial charge in [0.05, 0.1) is 1.43 Å². The Balaban J connectivity index is 2.28. The van der Waals surface area contributed by atoms with Gasteiger partial charge in [-0.15, -0.1) is 0 Å². The van der Waals surface area contributed by atoms with Gasteiger partial charge in [0.15, 0.2) is 0 Å². The van der Waals surface area contributed by atoms with Crippen LogP contribution in [0.3, 0.4) is 0 Å². The molecular formula is C8H14I2S. The molecule has 1 rings (SSSR count). The summed E-state index contributed by atoms with van der Waals surface area (Å²) in [5, 5.41) is 0. The van der Waals surface area contributed by atoms with Crippen LogP contribution in [0.1, 0.15) is 32.1 Å². The predicted molar refractivity (Wildman–Crippen MR) is 71.2 cm³/mol. The van der Waals surface area contributed by atoms with Gasteiger partial charge in [0, 0.05) is 5.75 Å². The van der Waals surface area contributed by atoms with Crippen LogP contribution in [0.2, 0.25) is 0 Å². The second-order valence-electron chi connectivity index (χ2n) is 3.37. The number of thiol groups is 1. The number of halogens is 2. The molecule has 0 nitrogen and oxygen atoms in total. The van der Waals surface area contributed by atoms with Crippen LogP contribution in [0.4, 0.5) is 0 Å². The van der Waals surface area contributed by atoms with E-state index in [0.29, 0.717) is 1.43 Å². The van der Waals surface area contributed by atoms with Gasteiger partial charge in [0.2, 0.25) is 0 Å². The van der Waals surface area contributed by atoms with Crippen molar-refractivity contribution in [2.75, 3.05) is 5.75 Å². The zero-order chi connectivity index (χ0) is 8.32. The Morgan fingerprint density at radius 1 is 1.27 bits per heavy atom. The molecule has 1 aliphatic rings. The maximum atomic E-state index is 4.36. The average molecular weight is 396 g/mol. The number of hydrogen-bond acceptors (Lipinski definition) is 1. The molecule has 11 heavy (non-hydrogen) atoms. The smallest absolute Gasteiger partial charge is 0.0824 e. The van der Waals surface area contributed by atoms with Crippen molar-refractivity contribution in [2.24, 2.45) is 5.92 Å². The molecule has 0 heterocycles. The highest BCUT2D eigenvalue weighted by Crippen LogP contribution is 2.40. The first-order valence-corrected chi connectivity index (χ1v) is 6.92. The van der Waals surface area contributed by atoms with E-state index in [9.17, 15) is 0 Å². The molecule has 0 aromatic carbocycles. The normalized spacial score (nSPS) is 21.0. The minimum atomic E-state index is 0.410. The molecule has 0 saturated heterocycles. The summed E-state index contributed by atoms with van der Waals surface area (Å²) in [5.74, 6) is 2.00. The molecule has 0 aliphatic heterocycles. The third kappa shape index (κ3) is 4.02. The largest absolute Gasteiger partial charge is 0.177 e. The summed E-state index contributed by atoms with van der Waals surface area (Å²) in [7, 11) is 0. The Hall–Kier alpha value is 1.81. The fourth-order valence-electron chi connectivity index (χ4n) is 1.70. The van der Waals surface area contributed by atoms with Crippen LogP contribution in [-0.4, -0.2) is 7.18 Å². The molecule has 0 atom stereocenters. The first-order valence-electron chi connectivity index (χ1n) is 4.13. The van der Waals surface area contributed by atoms with Gasteiger partial charge in [0.1, 0.15) is 0 Å². The quantitative estimate of drug-likeness (QED) is 0.415. The zero-order valence-corrected chi connectivity index (χ0v) is 11.7. The van der Waals surface area contributed by atoms with Crippen molar-refractivity contribution in [3.63, 3.8) is 0 Å². The van der Waals surface area contributed by atoms with Crippen LogP contribution in [0.5, 0.6) is 0 Å². The Bertz CT molecular complexity index is 119. The maximum Gasteiger partial charge on any atom is 0.0824 e. The standard InChI is InChI=1S/C8H14I2S/c9-8(10,6-11)5-7-3-1-2-4-7/h7,11H,1-6H2. The van der Waals surface area contributed by atoms with Crippen molar-refractivity contribution in [1.29, 1.82) is 0 Å². The van der Waals surface area contributed by atoms with Crippen molar-refractivity contribution < 1.29 is 0 Å². The van der Waals surface area contributed by atoms with Crippen LogP contribution >= 0.6 is 57.8 Å². The van der Waals surface area contributed by atoms with Crippen LogP contribution in [0.15, 0.2) is 0 Å². The van der Waals surface area contributed by atoms with Gasteiger partial charge in [-0.2, -0.15) is 12.6 Å². The van der Waals surface area contributed by atoms with Gasteiger partial charge in [-0.25, -0.2) is 0 Å². The van der Waals surface area contributed by atoms with Crippen molar-refractivity contribution in [1.82, 2.24) is 0 Å². The summed E-state index contributed by atoms with van der Waals surface area (Å²) in [4.78, 5) is 0. The molecule has 0 unspecified atom stereocenters. The highest BCUT2D eigenvalue weighted by atomic mass is 127. The molecule has 0 radical (unpaired) electrons. The van der Waals surface area contributed by atoms with Crippen LogP contribution in [0.25, 0.3) is 0 Å². The van der Waals surface area contributed by atoms with Gasteiger partial charge >= 0.3 is 0 Å². The SMILES string of the molecule is SCC(I)(I)CC1CCCC1. The Morgan fingerprint density at radius 3 is 2.27 bits per heavy atom. The molecule has 0 spiro atoms. The zero-order valence-electron chi connectivity index (χ0n) is 6.52. The molecule has 66 valence electrons. The molecule has 3 heteroatoms. The second-order valence-corrected chi connectivity index (χ2v) is 9.88. The fourth-order valence-corrected chi connectivity index (χ4v) is 3.08. The van der Waals surface area contributed by atoms with Crippen molar-refractivity contribution in [3.05, 3.63) is 0 Å². The summed E-state index contributed by atoms with van der Waals surface area (Å²) < 4.78 is 0.410. The van der Waals surface area contributed by atoms with Gasteiger partial charge in [-0.05, 0) is 12.3 Å².